The fourth-order valence-corrected chi connectivity index (χ4v) is 5.54. The van der Waals surface area contributed by atoms with Crippen LogP contribution in [0, 0.1) is 6.92 Å². The van der Waals surface area contributed by atoms with Gasteiger partial charge in [-0.1, -0.05) is 24.8 Å². The maximum absolute atomic E-state index is 13.3. The molecule has 1 amide bonds. The van der Waals surface area contributed by atoms with Crippen LogP contribution in [0.5, 0.6) is 0 Å². The largest absolute Gasteiger partial charge is 0.459 e. The van der Waals surface area contributed by atoms with E-state index in [2.05, 4.69) is 61.0 Å². The van der Waals surface area contributed by atoms with Crippen LogP contribution in [0.1, 0.15) is 41.8 Å². The number of hydrogen-bond donors (Lipinski definition) is 2. The van der Waals surface area contributed by atoms with Crippen molar-refractivity contribution in [2.45, 2.75) is 46.3 Å². The number of para-hydroxylation sites is 1. The molecule has 0 radical (unpaired) electrons. The van der Waals surface area contributed by atoms with E-state index >= 15 is 0 Å². The van der Waals surface area contributed by atoms with Crippen LogP contribution >= 0.6 is 0 Å². The summed E-state index contributed by atoms with van der Waals surface area (Å²) in [5.41, 5.74) is 7.32. The van der Waals surface area contributed by atoms with Crippen molar-refractivity contribution < 1.29 is 14.3 Å². The van der Waals surface area contributed by atoms with Crippen molar-refractivity contribution in [2.24, 2.45) is 0 Å². The number of ether oxygens (including phenoxy) is 1. The summed E-state index contributed by atoms with van der Waals surface area (Å²) >= 11 is 0. The number of rotatable bonds is 11. The molecule has 5 rings (SSSR count). The molecule has 0 atom stereocenters. The molecule has 2 aromatic heterocycles. The Morgan fingerprint density at radius 2 is 1.95 bits per heavy atom. The standard InChI is InChI=1S/C34H41N7O3/c1-8-30(42)36-28-18-27(22(4)17-29(28)40(7)16-15-39(5)6)37-34-35-19-25(33(43)44-21(2)3)31(38-34)26-20-41-14-10-12-23-11-9-13-24(26)32(23)41/h8-9,11,13,17-21H,1,10,12,14-16H2,2-7H3,(H,36,42)(H,35,37,38). The number of aryl methyl sites for hydroxylation is 3. The van der Waals surface area contributed by atoms with E-state index in [1.807, 2.05) is 54.0 Å². The molecule has 1 aliphatic rings. The quantitative estimate of drug-likeness (QED) is 0.166. The summed E-state index contributed by atoms with van der Waals surface area (Å²) in [7, 11) is 6.05. The molecule has 4 aromatic rings. The number of aromatic nitrogens is 3. The third-order valence-corrected chi connectivity index (χ3v) is 7.76. The van der Waals surface area contributed by atoms with Crippen molar-refractivity contribution in [3.05, 3.63) is 72.1 Å². The molecule has 0 unspecified atom stereocenters. The highest BCUT2D eigenvalue weighted by atomic mass is 16.5. The predicted molar refractivity (Wildman–Crippen MR) is 177 cm³/mol. The monoisotopic (exact) mass is 595 g/mol. The average Bonchev–Trinajstić information content (AvgIpc) is 3.37. The van der Waals surface area contributed by atoms with E-state index in [0.717, 1.165) is 60.4 Å². The lowest BCUT2D eigenvalue weighted by Gasteiger charge is -2.25. The maximum Gasteiger partial charge on any atom is 0.342 e. The van der Waals surface area contributed by atoms with Gasteiger partial charge in [0.25, 0.3) is 0 Å². The third kappa shape index (κ3) is 6.45. The van der Waals surface area contributed by atoms with Crippen LogP contribution in [0.3, 0.4) is 0 Å². The second-order valence-corrected chi connectivity index (χ2v) is 11.8. The van der Waals surface area contributed by atoms with Crippen molar-refractivity contribution in [3.63, 3.8) is 0 Å². The Morgan fingerprint density at radius 3 is 2.68 bits per heavy atom. The molecule has 3 heterocycles. The number of likely N-dealkylation sites (N-methyl/N-ethyl adjacent to an activating group) is 2. The summed E-state index contributed by atoms with van der Waals surface area (Å²) in [5.74, 6) is -0.447. The van der Waals surface area contributed by atoms with Gasteiger partial charge in [0.05, 0.1) is 28.7 Å². The number of carbonyl (C=O) groups excluding carboxylic acids is 2. The Hall–Kier alpha value is -4.70. The van der Waals surface area contributed by atoms with E-state index in [1.165, 1.54) is 23.4 Å². The lowest BCUT2D eigenvalue weighted by molar-refractivity contribution is -0.111. The number of anilines is 4. The normalized spacial score (nSPS) is 12.5. The number of carbonyl (C=O) groups is 2. The molecule has 0 spiro atoms. The van der Waals surface area contributed by atoms with Crippen molar-refractivity contribution >= 4 is 45.8 Å². The minimum atomic E-state index is -0.468. The van der Waals surface area contributed by atoms with Gasteiger partial charge in [0.1, 0.15) is 5.56 Å². The number of amides is 1. The van der Waals surface area contributed by atoms with Gasteiger partial charge in [-0.3, -0.25) is 4.79 Å². The number of nitrogens with zero attached hydrogens (tertiary/aromatic N) is 5. The van der Waals surface area contributed by atoms with Crippen LogP contribution in [-0.2, 0) is 22.5 Å². The zero-order chi connectivity index (χ0) is 31.5. The molecule has 10 nitrogen and oxygen atoms in total. The van der Waals surface area contributed by atoms with Gasteiger partial charge in [-0.2, -0.15) is 0 Å². The fourth-order valence-electron chi connectivity index (χ4n) is 5.54. The lowest BCUT2D eigenvalue weighted by atomic mass is 10.0. The van der Waals surface area contributed by atoms with Crippen LogP contribution in [0.25, 0.3) is 22.2 Å². The second-order valence-electron chi connectivity index (χ2n) is 11.8. The molecule has 0 fully saturated rings. The Bertz CT molecular complexity index is 1720. The van der Waals surface area contributed by atoms with E-state index in [1.54, 1.807) is 0 Å². The summed E-state index contributed by atoms with van der Waals surface area (Å²) in [6.45, 7) is 11.8. The minimum Gasteiger partial charge on any atom is -0.459 e. The molecule has 2 aromatic carbocycles. The predicted octanol–water partition coefficient (Wildman–Crippen LogP) is 5.78. The summed E-state index contributed by atoms with van der Waals surface area (Å²) < 4.78 is 7.84. The second kappa shape index (κ2) is 12.9. The molecule has 0 saturated heterocycles. The van der Waals surface area contributed by atoms with Crippen LogP contribution in [0.4, 0.5) is 23.0 Å². The van der Waals surface area contributed by atoms with Gasteiger partial charge in [-0.15, -0.1) is 0 Å². The van der Waals surface area contributed by atoms with Gasteiger partial charge >= 0.3 is 5.97 Å². The highest BCUT2D eigenvalue weighted by molar-refractivity contribution is 6.04. The van der Waals surface area contributed by atoms with Crippen molar-refractivity contribution in [2.75, 3.05) is 49.8 Å². The Balaban J connectivity index is 1.58. The lowest BCUT2D eigenvalue weighted by Crippen LogP contribution is -2.29. The van der Waals surface area contributed by atoms with Crippen molar-refractivity contribution in [1.29, 1.82) is 0 Å². The highest BCUT2D eigenvalue weighted by Crippen LogP contribution is 2.37. The van der Waals surface area contributed by atoms with Gasteiger partial charge in [0, 0.05) is 55.7 Å². The summed E-state index contributed by atoms with van der Waals surface area (Å²) in [6, 6.07) is 10.2. The molecular weight excluding hydrogens is 554 g/mol. The summed E-state index contributed by atoms with van der Waals surface area (Å²) in [5, 5.41) is 7.33. The van der Waals surface area contributed by atoms with Crippen molar-refractivity contribution in [1.82, 2.24) is 19.4 Å². The highest BCUT2D eigenvalue weighted by Gasteiger charge is 2.24. The Labute approximate surface area is 258 Å². The van der Waals surface area contributed by atoms with Gasteiger partial charge in [0.15, 0.2) is 0 Å². The molecule has 1 aliphatic heterocycles. The van der Waals surface area contributed by atoms with Gasteiger partial charge in [-0.05, 0) is 77.0 Å². The van der Waals surface area contributed by atoms with Crippen molar-refractivity contribution in [3.8, 4) is 11.3 Å². The SMILES string of the molecule is C=CC(=O)Nc1cc(Nc2ncc(C(=O)OC(C)C)c(-c3cn4c5c(cccc35)CCC4)n2)c(C)cc1N(C)CCN(C)C. The van der Waals surface area contributed by atoms with Gasteiger partial charge in [0.2, 0.25) is 11.9 Å². The van der Waals surface area contributed by atoms with E-state index in [4.69, 9.17) is 9.72 Å². The molecule has 0 aliphatic carbocycles. The zero-order valence-electron chi connectivity index (χ0n) is 26.4. The third-order valence-electron chi connectivity index (χ3n) is 7.76. The average molecular weight is 596 g/mol. The Kier molecular flexibility index (Phi) is 9.01. The Morgan fingerprint density at radius 1 is 1.16 bits per heavy atom. The first-order valence-corrected chi connectivity index (χ1v) is 15.0. The van der Waals surface area contributed by atoms with E-state index in [9.17, 15) is 9.59 Å². The zero-order valence-corrected chi connectivity index (χ0v) is 26.4. The van der Waals surface area contributed by atoms with Crippen LogP contribution in [0.15, 0.2) is 55.4 Å². The molecule has 44 heavy (non-hydrogen) atoms. The molecule has 0 saturated carbocycles. The number of nitrogens with one attached hydrogen (secondary N) is 2. The van der Waals surface area contributed by atoms with E-state index in [0.29, 0.717) is 22.9 Å². The van der Waals surface area contributed by atoms with Crippen LogP contribution in [-0.4, -0.2) is 71.6 Å². The topological polar surface area (TPSA) is 105 Å². The molecule has 10 heteroatoms. The maximum atomic E-state index is 13.3. The fraction of sp³-hybridized carbons (Fsp3) is 0.353. The molecule has 0 bridgehead atoms. The molecule has 2 N–H and O–H groups in total. The molecule has 230 valence electrons. The summed E-state index contributed by atoms with van der Waals surface area (Å²) in [4.78, 5) is 39.3. The van der Waals surface area contributed by atoms with Gasteiger partial charge < -0.3 is 29.7 Å². The number of hydrogen-bond acceptors (Lipinski definition) is 8. The summed E-state index contributed by atoms with van der Waals surface area (Å²) in [6.07, 6.45) is 6.65. The van der Waals surface area contributed by atoms with E-state index in [-0.39, 0.29) is 12.0 Å². The molecular formula is C34H41N7O3. The number of esters is 1. The smallest absolute Gasteiger partial charge is 0.342 e. The van der Waals surface area contributed by atoms with Gasteiger partial charge in [-0.25, -0.2) is 14.8 Å². The first kappa shape index (κ1) is 30.7. The van der Waals surface area contributed by atoms with E-state index < -0.39 is 5.97 Å². The van der Waals surface area contributed by atoms with Crippen LogP contribution < -0.4 is 15.5 Å². The first-order chi connectivity index (χ1) is 21.0. The minimum absolute atomic E-state index is 0.288. The van der Waals surface area contributed by atoms with Crippen LogP contribution in [0.2, 0.25) is 0 Å². The number of benzene rings is 2. The first-order valence-electron chi connectivity index (χ1n) is 15.0.